The molecule has 0 aliphatic rings. The molecule has 3 rings (SSSR count). The molecule has 0 spiro atoms. The second-order valence-corrected chi connectivity index (χ2v) is 6.84. The number of amides is 1. The molecule has 0 radical (unpaired) electrons. The number of carbonyl (C=O) groups excluding carboxylic acids is 1. The summed E-state index contributed by atoms with van der Waals surface area (Å²) in [5.41, 5.74) is 3.37. The maximum atomic E-state index is 12.6. The summed E-state index contributed by atoms with van der Waals surface area (Å²) in [6.45, 7) is 7.86. The Bertz CT molecular complexity index is 1040. The third-order valence-electron chi connectivity index (χ3n) is 4.54. The van der Waals surface area contributed by atoms with Crippen LogP contribution in [-0.2, 0) is 11.3 Å². The van der Waals surface area contributed by atoms with E-state index >= 15 is 0 Å². The molecule has 1 amide bonds. The summed E-state index contributed by atoms with van der Waals surface area (Å²) in [5, 5.41) is 8.66. The second kappa shape index (κ2) is 7.12. The highest BCUT2D eigenvalue weighted by molar-refractivity contribution is 5.92. The number of carbonyl (C=O) groups is 1. The van der Waals surface area contributed by atoms with Crippen molar-refractivity contribution in [1.29, 1.82) is 0 Å². The fourth-order valence-corrected chi connectivity index (χ4v) is 3.17. The van der Waals surface area contributed by atoms with Crippen LogP contribution in [-0.4, -0.2) is 15.7 Å². The standard InChI is InChI=1S/C21H23N3O2/c1-13(2)16-11-7-8-14(3)20(16)22-19(25)12-24-21(26)18-10-6-5-9-17(18)15(4)23-24/h5-11,13H,12H2,1-4H3,(H,22,25). The first-order valence-electron chi connectivity index (χ1n) is 8.74. The number of hydrogen-bond acceptors (Lipinski definition) is 3. The normalized spacial score (nSPS) is 11.1. The van der Waals surface area contributed by atoms with Crippen LogP contribution in [0.1, 0.15) is 36.6 Å². The molecule has 3 aromatic rings. The SMILES string of the molecule is Cc1cccc(C(C)C)c1NC(=O)Cn1nc(C)c2ccccc2c1=O. The highest BCUT2D eigenvalue weighted by Gasteiger charge is 2.14. The van der Waals surface area contributed by atoms with Gasteiger partial charge in [0.2, 0.25) is 5.91 Å². The number of benzene rings is 2. The van der Waals surface area contributed by atoms with Crippen LogP contribution in [0.2, 0.25) is 0 Å². The molecule has 0 saturated carbocycles. The van der Waals surface area contributed by atoms with Crippen molar-refractivity contribution in [3.05, 3.63) is 69.6 Å². The fraction of sp³-hybridized carbons (Fsp3) is 0.286. The van der Waals surface area contributed by atoms with Crippen molar-refractivity contribution < 1.29 is 4.79 Å². The van der Waals surface area contributed by atoms with Gasteiger partial charge in [-0.2, -0.15) is 5.10 Å². The van der Waals surface area contributed by atoms with Crippen LogP contribution in [0.15, 0.2) is 47.3 Å². The first kappa shape index (κ1) is 17.9. The van der Waals surface area contributed by atoms with Gasteiger partial charge in [-0.3, -0.25) is 9.59 Å². The first-order valence-corrected chi connectivity index (χ1v) is 8.74. The van der Waals surface area contributed by atoms with E-state index in [0.717, 1.165) is 27.9 Å². The second-order valence-electron chi connectivity index (χ2n) is 6.84. The van der Waals surface area contributed by atoms with Crippen molar-refractivity contribution in [3.8, 4) is 0 Å². The number of nitrogens with zero attached hydrogens (tertiary/aromatic N) is 2. The molecule has 26 heavy (non-hydrogen) atoms. The Kier molecular flexibility index (Phi) is 4.89. The third kappa shape index (κ3) is 3.38. The number of para-hydroxylation sites is 1. The lowest BCUT2D eigenvalue weighted by atomic mass is 9.98. The van der Waals surface area contributed by atoms with Crippen molar-refractivity contribution in [3.63, 3.8) is 0 Å². The van der Waals surface area contributed by atoms with Crippen molar-refractivity contribution in [2.75, 3.05) is 5.32 Å². The van der Waals surface area contributed by atoms with Gasteiger partial charge in [-0.15, -0.1) is 0 Å². The van der Waals surface area contributed by atoms with Crippen molar-refractivity contribution in [1.82, 2.24) is 9.78 Å². The summed E-state index contributed by atoms with van der Waals surface area (Å²) in [5.74, 6) is 0.0273. The van der Waals surface area contributed by atoms with Crippen LogP contribution in [0, 0.1) is 13.8 Å². The summed E-state index contributed by atoms with van der Waals surface area (Å²) in [6, 6.07) is 13.3. The van der Waals surface area contributed by atoms with Gasteiger partial charge in [-0.1, -0.05) is 50.2 Å². The Hall–Kier alpha value is -2.95. The Morgan fingerprint density at radius 2 is 1.77 bits per heavy atom. The minimum atomic E-state index is -0.259. The Morgan fingerprint density at radius 3 is 2.46 bits per heavy atom. The molecule has 0 saturated heterocycles. The molecule has 5 heteroatoms. The Balaban J connectivity index is 1.92. The van der Waals surface area contributed by atoms with Crippen LogP contribution in [0.25, 0.3) is 10.8 Å². The molecule has 134 valence electrons. The summed E-state index contributed by atoms with van der Waals surface area (Å²) in [6.07, 6.45) is 0. The molecule has 2 aromatic carbocycles. The number of fused-ring (bicyclic) bond motifs is 1. The van der Waals surface area contributed by atoms with Crippen molar-refractivity contribution in [2.45, 2.75) is 40.2 Å². The van der Waals surface area contributed by atoms with Gasteiger partial charge in [-0.25, -0.2) is 4.68 Å². The summed E-state index contributed by atoms with van der Waals surface area (Å²) < 4.78 is 1.24. The van der Waals surface area contributed by atoms with Crippen molar-refractivity contribution in [2.24, 2.45) is 0 Å². The number of nitrogens with one attached hydrogen (secondary N) is 1. The van der Waals surface area contributed by atoms with E-state index in [1.807, 2.05) is 50.2 Å². The highest BCUT2D eigenvalue weighted by Crippen LogP contribution is 2.27. The Labute approximate surface area is 152 Å². The third-order valence-corrected chi connectivity index (χ3v) is 4.54. The average Bonchev–Trinajstić information content (AvgIpc) is 2.61. The fourth-order valence-electron chi connectivity index (χ4n) is 3.17. The van der Waals surface area contributed by atoms with Crippen LogP contribution >= 0.6 is 0 Å². The summed E-state index contributed by atoms with van der Waals surface area (Å²) >= 11 is 0. The maximum absolute atomic E-state index is 12.6. The van der Waals surface area contributed by atoms with Crippen LogP contribution < -0.4 is 10.9 Å². The minimum Gasteiger partial charge on any atom is -0.324 e. The zero-order valence-electron chi connectivity index (χ0n) is 15.5. The van der Waals surface area contributed by atoms with Gasteiger partial charge in [-0.05, 0) is 37.0 Å². The molecular formula is C21H23N3O2. The monoisotopic (exact) mass is 349 g/mol. The lowest BCUT2D eigenvalue weighted by Crippen LogP contribution is -2.30. The zero-order valence-corrected chi connectivity index (χ0v) is 15.5. The van der Waals surface area contributed by atoms with Crippen LogP contribution in [0.5, 0.6) is 0 Å². The van der Waals surface area contributed by atoms with E-state index in [0.29, 0.717) is 5.39 Å². The molecule has 0 fully saturated rings. The van der Waals surface area contributed by atoms with Gasteiger partial charge in [0, 0.05) is 11.1 Å². The van der Waals surface area contributed by atoms with Gasteiger partial charge < -0.3 is 5.32 Å². The molecule has 0 unspecified atom stereocenters. The van der Waals surface area contributed by atoms with E-state index < -0.39 is 0 Å². The molecule has 1 aromatic heterocycles. The molecule has 0 aliphatic carbocycles. The largest absolute Gasteiger partial charge is 0.324 e. The van der Waals surface area contributed by atoms with Gasteiger partial charge in [0.15, 0.2) is 0 Å². The lowest BCUT2D eigenvalue weighted by molar-refractivity contribution is -0.117. The number of rotatable bonds is 4. The number of anilines is 1. The Morgan fingerprint density at radius 1 is 1.08 bits per heavy atom. The van der Waals surface area contributed by atoms with E-state index in [-0.39, 0.29) is 23.9 Å². The van der Waals surface area contributed by atoms with Gasteiger partial charge in [0.25, 0.3) is 5.56 Å². The number of aryl methyl sites for hydroxylation is 2. The molecule has 0 bridgehead atoms. The predicted molar refractivity (Wildman–Crippen MR) is 105 cm³/mol. The van der Waals surface area contributed by atoms with Crippen molar-refractivity contribution >= 4 is 22.4 Å². The minimum absolute atomic E-state index is 0.115. The maximum Gasteiger partial charge on any atom is 0.275 e. The topological polar surface area (TPSA) is 64.0 Å². The smallest absolute Gasteiger partial charge is 0.275 e. The van der Waals surface area contributed by atoms with Gasteiger partial charge in [0.1, 0.15) is 6.54 Å². The molecule has 0 atom stereocenters. The van der Waals surface area contributed by atoms with E-state index in [1.165, 1.54) is 4.68 Å². The van der Waals surface area contributed by atoms with E-state index in [2.05, 4.69) is 24.3 Å². The predicted octanol–water partition coefficient (Wildman–Crippen LogP) is 3.78. The highest BCUT2D eigenvalue weighted by atomic mass is 16.2. The van der Waals surface area contributed by atoms with Gasteiger partial charge in [0.05, 0.1) is 11.1 Å². The van der Waals surface area contributed by atoms with Crippen LogP contribution in [0.3, 0.4) is 0 Å². The number of aromatic nitrogens is 2. The molecule has 1 N–H and O–H groups in total. The molecular weight excluding hydrogens is 326 g/mol. The number of hydrogen-bond donors (Lipinski definition) is 1. The average molecular weight is 349 g/mol. The molecule has 5 nitrogen and oxygen atoms in total. The van der Waals surface area contributed by atoms with Crippen LogP contribution in [0.4, 0.5) is 5.69 Å². The van der Waals surface area contributed by atoms with Gasteiger partial charge >= 0.3 is 0 Å². The summed E-state index contributed by atoms with van der Waals surface area (Å²) in [4.78, 5) is 25.2. The zero-order chi connectivity index (χ0) is 18.8. The van der Waals surface area contributed by atoms with E-state index in [4.69, 9.17) is 0 Å². The van der Waals surface area contributed by atoms with E-state index in [9.17, 15) is 9.59 Å². The van der Waals surface area contributed by atoms with E-state index in [1.54, 1.807) is 6.07 Å². The summed E-state index contributed by atoms with van der Waals surface area (Å²) in [7, 11) is 0. The molecule has 1 heterocycles. The lowest BCUT2D eigenvalue weighted by Gasteiger charge is -2.17. The first-order chi connectivity index (χ1) is 12.4. The molecule has 0 aliphatic heterocycles. The quantitative estimate of drug-likeness (QED) is 0.780.